The van der Waals surface area contributed by atoms with E-state index in [2.05, 4.69) is 17.5 Å². The second-order valence-electron chi connectivity index (χ2n) is 5.28. The predicted molar refractivity (Wildman–Crippen MR) is 84.7 cm³/mol. The molecule has 112 valence electrons. The monoisotopic (exact) mass is 312 g/mol. The number of ether oxygens (including phenoxy) is 1. The first-order valence-electron chi connectivity index (χ1n) is 7.18. The maximum atomic E-state index is 12.5. The molecule has 1 aliphatic heterocycles. The van der Waals surface area contributed by atoms with Crippen LogP contribution in [0.5, 0.6) is 5.75 Å². The summed E-state index contributed by atoms with van der Waals surface area (Å²) in [4.78, 5) is 15.7. The molecule has 0 fully saturated rings. The van der Waals surface area contributed by atoms with E-state index in [-0.39, 0.29) is 5.91 Å². The minimum atomic E-state index is -0.534. The van der Waals surface area contributed by atoms with Gasteiger partial charge in [0, 0.05) is 18.0 Å². The molecule has 1 amide bonds. The summed E-state index contributed by atoms with van der Waals surface area (Å²) in [5.74, 6) is 0.606. The smallest absolute Gasteiger partial charge is 0.263 e. The minimum Gasteiger partial charge on any atom is -0.481 e. The van der Waals surface area contributed by atoms with Crippen LogP contribution < -0.4 is 4.74 Å². The molecule has 0 aliphatic carbocycles. The lowest BCUT2D eigenvalue weighted by Gasteiger charge is -2.29. The zero-order chi connectivity index (χ0) is 15.5. The first-order chi connectivity index (χ1) is 10.7. The highest BCUT2D eigenvalue weighted by molar-refractivity contribution is 7.10. The van der Waals surface area contributed by atoms with Crippen molar-refractivity contribution in [3.05, 3.63) is 51.7 Å². The fourth-order valence-corrected chi connectivity index (χ4v) is 3.45. The van der Waals surface area contributed by atoms with Gasteiger partial charge in [0.1, 0.15) is 5.75 Å². The highest BCUT2D eigenvalue weighted by atomic mass is 32.1. The maximum absolute atomic E-state index is 12.5. The molecular weight excluding hydrogens is 296 g/mol. The number of rotatable bonds is 3. The Kier molecular flexibility index (Phi) is 4.12. The number of nitriles is 1. The van der Waals surface area contributed by atoms with Crippen molar-refractivity contribution in [3.63, 3.8) is 0 Å². The Morgan fingerprint density at radius 2 is 2.14 bits per heavy atom. The summed E-state index contributed by atoms with van der Waals surface area (Å²) in [6.45, 7) is 3.18. The lowest BCUT2D eigenvalue weighted by Crippen LogP contribution is -2.42. The molecule has 1 aromatic heterocycles. The topological polar surface area (TPSA) is 53.3 Å². The van der Waals surface area contributed by atoms with Crippen LogP contribution in [0, 0.1) is 11.3 Å². The third-order valence-electron chi connectivity index (χ3n) is 3.76. The van der Waals surface area contributed by atoms with Gasteiger partial charge < -0.3 is 9.64 Å². The Labute approximate surface area is 133 Å². The Morgan fingerprint density at radius 3 is 2.86 bits per heavy atom. The first-order valence-corrected chi connectivity index (χ1v) is 8.06. The van der Waals surface area contributed by atoms with Gasteiger partial charge in [0.25, 0.3) is 5.91 Å². The van der Waals surface area contributed by atoms with E-state index in [9.17, 15) is 4.79 Å². The van der Waals surface area contributed by atoms with Crippen LogP contribution in [-0.4, -0.2) is 23.5 Å². The minimum absolute atomic E-state index is 0.00112. The Bertz CT molecular complexity index is 715. The number of fused-ring (bicyclic) bond motifs is 1. The molecule has 0 spiro atoms. The van der Waals surface area contributed by atoms with Crippen LogP contribution in [0.4, 0.5) is 0 Å². The van der Waals surface area contributed by atoms with Gasteiger partial charge in [-0.05, 0) is 54.6 Å². The fraction of sp³-hybridized carbons (Fsp3) is 0.294. The van der Waals surface area contributed by atoms with Crippen molar-refractivity contribution in [1.82, 2.24) is 4.90 Å². The molecule has 1 aliphatic rings. The number of carbonyl (C=O) groups excluding carboxylic acids is 1. The van der Waals surface area contributed by atoms with Gasteiger partial charge in [-0.3, -0.25) is 4.79 Å². The van der Waals surface area contributed by atoms with Crippen molar-refractivity contribution in [2.45, 2.75) is 26.0 Å². The van der Waals surface area contributed by atoms with Crippen molar-refractivity contribution in [2.75, 3.05) is 6.54 Å². The van der Waals surface area contributed by atoms with Gasteiger partial charge in [-0.25, -0.2) is 0 Å². The van der Waals surface area contributed by atoms with E-state index >= 15 is 0 Å². The van der Waals surface area contributed by atoms with Gasteiger partial charge in [-0.15, -0.1) is 11.3 Å². The van der Waals surface area contributed by atoms with Crippen molar-refractivity contribution >= 4 is 17.2 Å². The number of hydrogen-bond acceptors (Lipinski definition) is 4. The van der Waals surface area contributed by atoms with Gasteiger partial charge in [0.05, 0.1) is 11.6 Å². The summed E-state index contributed by atoms with van der Waals surface area (Å²) in [5, 5.41) is 10.9. The average molecular weight is 312 g/mol. The van der Waals surface area contributed by atoms with Gasteiger partial charge in [-0.1, -0.05) is 0 Å². The van der Waals surface area contributed by atoms with Crippen molar-refractivity contribution < 1.29 is 9.53 Å². The first kappa shape index (κ1) is 14.6. The molecule has 0 unspecified atom stereocenters. The number of benzene rings is 1. The summed E-state index contributed by atoms with van der Waals surface area (Å²) in [6, 6.07) is 11.0. The summed E-state index contributed by atoms with van der Waals surface area (Å²) in [7, 11) is 0. The van der Waals surface area contributed by atoms with E-state index in [1.165, 1.54) is 10.4 Å². The van der Waals surface area contributed by atoms with E-state index in [0.717, 1.165) is 13.0 Å². The molecule has 5 heteroatoms. The maximum Gasteiger partial charge on any atom is 0.263 e. The third kappa shape index (κ3) is 2.97. The second kappa shape index (κ2) is 6.20. The van der Waals surface area contributed by atoms with Crippen LogP contribution in [0.1, 0.15) is 22.9 Å². The Morgan fingerprint density at radius 1 is 1.36 bits per heavy atom. The van der Waals surface area contributed by atoms with Crippen LogP contribution in [0.3, 0.4) is 0 Å². The molecule has 0 saturated heterocycles. The van der Waals surface area contributed by atoms with E-state index in [1.54, 1.807) is 42.5 Å². The fourth-order valence-electron chi connectivity index (χ4n) is 2.56. The molecule has 2 heterocycles. The van der Waals surface area contributed by atoms with E-state index in [0.29, 0.717) is 17.9 Å². The van der Waals surface area contributed by atoms with E-state index in [1.807, 2.05) is 4.90 Å². The van der Waals surface area contributed by atoms with Crippen molar-refractivity contribution in [1.29, 1.82) is 5.26 Å². The molecule has 0 radical (unpaired) electrons. The highest BCUT2D eigenvalue weighted by Gasteiger charge is 2.26. The zero-order valence-electron chi connectivity index (χ0n) is 12.3. The third-order valence-corrected chi connectivity index (χ3v) is 4.79. The van der Waals surface area contributed by atoms with Crippen molar-refractivity contribution in [2.24, 2.45) is 0 Å². The number of carbonyl (C=O) groups is 1. The molecule has 1 atom stereocenters. The quantitative estimate of drug-likeness (QED) is 0.875. The lowest BCUT2D eigenvalue weighted by molar-refractivity contribution is -0.138. The average Bonchev–Trinajstić information content (AvgIpc) is 3.02. The molecule has 22 heavy (non-hydrogen) atoms. The van der Waals surface area contributed by atoms with Crippen molar-refractivity contribution in [3.8, 4) is 11.8 Å². The molecular formula is C17H16N2O2S. The second-order valence-corrected chi connectivity index (χ2v) is 6.28. The zero-order valence-corrected chi connectivity index (χ0v) is 13.1. The largest absolute Gasteiger partial charge is 0.481 e. The van der Waals surface area contributed by atoms with Crippen LogP contribution in [0.2, 0.25) is 0 Å². The SMILES string of the molecule is C[C@H](Oc1ccc(C#N)cc1)C(=O)N1CCc2sccc2C1. The molecule has 2 aromatic rings. The van der Waals surface area contributed by atoms with Gasteiger partial charge in [0.15, 0.2) is 6.10 Å². The number of thiophene rings is 1. The number of nitrogens with zero attached hydrogens (tertiary/aromatic N) is 2. The summed E-state index contributed by atoms with van der Waals surface area (Å²) in [6.07, 6.45) is 0.385. The summed E-state index contributed by atoms with van der Waals surface area (Å²) in [5.41, 5.74) is 1.82. The summed E-state index contributed by atoms with van der Waals surface area (Å²) >= 11 is 1.76. The predicted octanol–water partition coefficient (Wildman–Crippen LogP) is 2.97. The van der Waals surface area contributed by atoms with Crippen LogP contribution in [-0.2, 0) is 17.8 Å². The molecule has 4 nitrogen and oxygen atoms in total. The van der Waals surface area contributed by atoms with E-state index < -0.39 is 6.10 Å². The standard InChI is InChI=1S/C17H16N2O2S/c1-12(21-15-4-2-13(10-18)3-5-15)17(20)19-8-6-16-14(11-19)7-9-22-16/h2-5,7,9,12H,6,8,11H2,1H3/t12-/m0/s1. The van der Waals surface area contributed by atoms with Crippen LogP contribution >= 0.6 is 11.3 Å². The number of amides is 1. The number of hydrogen-bond donors (Lipinski definition) is 0. The highest BCUT2D eigenvalue weighted by Crippen LogP contribution is 2.25. The van der Waals surface area contributed by atoms with Gasteiger partial charge in [0.2, 0.25) is 0 Å². The molecule has 1 aromatic carbocycles. The van der Waals surface area contributed by atoms with Crippen LogP contribution in [0.25, 0.3) is 0 Å². The van der Waals surface area contributed by atoms with Crippen LogP contribution in [0.15, 0.2) is 35.7 Å². The normalized spacial score (nSPS) is 14.8. The molecule has 3 rings (SSSR count). The Hall–Kier alpha value is -2.32. The lowest BCUT2D eigenvalue weighted by atomic mass is 10.1. The van der Waals surface area contributed by atoms with Gasteiger partial charge >= 0.3 is 0 Å². The molecule has 0 N–H and O–H groups in total. The Balaban J connectivity index is 1.63. The molecule has 0 saturated carbocycles. The molecule has 0 bridgehead atoms. The van der Waals surface area contributed by atoms with Gasteiger partial charge in [-0.2, -0.15) is 5.26 Å². The summed E-state index contributed by atoms with van der Waals surface area (Å²) < 4.78 is 5.70. The van der Waals surface area contributed by atoms with E-state index in [4.69, 9.17) is 10.00 Å².